The fourth-order valence-corrected chi connectivity index (χ4v) is 7.59. The van der Waals surface area contributed by atoms with Crippen LogP contribution < -0.4 is 10.4 Å². The van der Waals surface area contributed by atoms with Crippen molar-refractivity contribution in [2.75, 3.05) is 0 Å². The number of unbranched alkanes of at least 4 members (excludes halogenated alkanes) is 1. The number of aliphatic carboxylic acids is 1. The van der Waals surface area contributed by atoms with Crippen molar-refractivity contribution >= 4 is 33.2 Å². The molecule has 1 N–H and O–H groups in total. The van der Waals surface area contributed by atoms with Gasteiger partial charge in [-0.25, -0.2) is 3.97 Å². The highest BCUT2D eigenvalue weighted by Gasteiger charge is 2.47. The molecule has 2 aliphatic carbocycles. The smallest absolute Gasteiger partial charge is 0.277 e. The molecule has 9 heteroatoms. The molecular weight excluding hydrogens is 448 g/mol. The zero-order valence-electron chi connectivity index (χ0n) is 17.7. The Hall–Kier alpha value is -2.39. The number of carbonyl (C=O) groups is 2. The summed E-state index contributed by atoms with van der Waals surface area (Å²) in [6, 6.07) is 6.44. The maximum atomic E-state index is 12.9. The van der Waals surface area contributed by atoms with E-state index < -0.39 is 16.0 Å². The summed E-state index contributed by atoms with van der Waals surface area (Å²) in [6.45, 7) is 0. The summed E-state index contributed by atoms with van der Waals surface area (Å²) in [7, 11) is -3.67. The van der Waals surface area contributed by atoms with Gasteiger partial charge in [-0.05, 0) is 87.0 Å². The Morgan fingerprint density at radius 1 is 1.16 bits per heavy atom. The molecule has 4 atom stereocenters. The molecule has 2 saturated carbocycles. The Balaban J connectivity index is 1.38. The molecule has 0 radical (unpaired) electrons. The van der Waals surface area contributed by atoms with Crippen LogP contribution in [-0.4, -0.2) is 30.3 Å². The van der Waals surface area contributed by atoms with Gasteiger partial charge in [0.05, 0.1) is 4.88 Å². The second-order valence-electron chi connectivity index (χ2n) is 8.60. The van der Waals surface area contributed by atoms with E-state index in [2.05, 4.69) is 11.4 Å². The van der Waals surface area contributed by atoms with Gasteiger partial charge in [0.1, 0.15) is 4.21 Å². The van der Waals surface area contributed by atoms with E-state index in [0.29, 0.717) is 35.5 Å². The number of hydrogen-bond acceptors (Lipinski definition) is 6. The highest BCUT2D eigenvalue weighted by molar-refractivity contribution is 7.92. The van der Waals surface area contributed by atoms with Crippen molar-refractivity contribution in [2.45, 2.75) is 55.2 Å². The van der Waals surface area contributed by atoms with E-state index in [4.69, 9.17) is 0 Å². The van der Waals surface area contributed by atoms with Crippen LogP contribution in [0.15, 0.2) is 53.0 Å². The summed E-state index contributed by atoms with van der Waals surface area (Å²) in [5.41, 5.74) is 0. The number of nitrogens with zero attached hydrogens (tertiary/aromatic N) is 1. The number of nitrogens with one attached hydrogen (secondary N) is 1. The number of aromatic nitrogens is 1. The minimum atomic E-state index is -3.67. The monoisotopic (exact) mass is 475 g/mol. The number of rotatable bonds is 10. The van der Waals surface area contributed by atoms with E-state index >= 15 is 0 Å². The predicted molar refractivity (Wildman–Crippen MR) is 120 cm³/mol. The van der Waals surface area contributed by atoms with Gasteiger partial charge in [0.25, 0.3) is 15.9 Å². The van der Waals surface area contributed by atoms with E-state index in [1.807, 2.05) is 6.08 Å². The lowest BCUT2D eigenvalue weighted by Crippen LogP contribution is -2.43. The van der Waals surface area contributed by atoms with Crippen molar-refractivity contribution in [2.24, 2.45) is 17.8 Å². The number of thiophene rings is 1. The van der Waals surface area contributed by atoms with Crippen LogP contribution in [-0.2, 0) is 14.8 Å². The van der Waals surface area contributed by atoms with Gasteiger partial charge in [-0.3, -0.25) is 4.79 Å². The van der Waals surface area contributed by atoms with E-state index in [1.165, 1.54) is 24.9 Å². The largest absolute Gasteiger partial charge is 0.550 e. The van der Waals surface area contributed by atoms with Gasteiger partial charge in [-0.2, -0.15) is 8.42 Å². The molecule has 0 aliphatic heterocycles. The zero-order chi connectivity index (χ0) is 22.7. The number of carboxylic acid groups (broad SMARTS) is 1. The second-order valence-corrected chi connectivity index (χ2v) is 11.8. The third kappa shape index (κ3) is 4.83. The zero-order valence-corrected chi connectivity index (χ0v) is 19.3. The first-order valence-electron chi connectivity index (χ1n) is 11.0. The van der Waals surface area contributed by atoms with Crippen LogP contribution in [0.4, 0.5) is 0 Å². The molecule has 2 bridgehead atoms. The van der Waals surface area contributed by atoms with Gasteiger partial charge in [0.2, 0.25) is 0 Å². The minimum Gasteiger partial charge on any atom is -0.550 e. The van der Waals surface area contributed by atoms with Crippen LogP contribution in [0.3, 0.4) is 0 Å². The van der Waals surface area contributed by atoms with Gasteiger partial charge in [0.15, 0.2) is 0 Å². The summed E-state index contributed by atoms with van der Waals surface area (Å²) < 4.78 is 26.6. The Bertz CT molecular complexity index is 1090. The number of fused-ring (bicyclic) bond motifs is 2. The Kier molecular flexibility index (Phi) is 6.85. The summed E-state index contributed by atoms with van der Waals surface area (Å²) in [5, 5.41) is 13.7. The molecular formula is C23H27N2O5S2-. The van der Waals surface area contributed by atoms with E-state index in [-0.39, 0.29) is 22.6 Å². The molecule has 2 fully saturated rings. The Morgan fingerprint density at radius 2 is 1.91 bits per heavy atom. The maximum absolute atomic E-state index is 12.9. The molecule has 0 saturated heterocycles. The van der Waals surface area contributed by atoms with Crippen molar-refractivity contribution < 1.29 is 23.1 Å². The normalized spacial score (nSPS) is 24.9. The van der Waals surface area contributed by atoms with Crippen LogP contribution in [0.5, 0.6) is 0 Å². The van der Waals surface area contributed by atoms with Crippen molar-refractivity contribution in [3.63, 3.8) is 0 Å². The van der Waals surface area contributed by atoms with Gasteiger partial charge < -0.3 is 15.2 Å². The molecule has 2 aromatic heterocycles. The average molecular weight is 476 g/mol. The van der Waals surface area contributed by atoms with Crippen LogP contribution in [0.25, 0.3) is 0 Å². The lowest BCUT2D eigenvalue weighted by atomic mass is 9.82. The molecule has 2 heterocycles. The molecule has 0 spiro atoms. The molecule has 7 nitrogen and oxygen atoms in total. The van der Waals surface area contributed by atoms with Crippen LogP contribution in [0.2, 0.25) is 0 Å². The second kappa shape index (κ2) is 9.62. The number of amides is 1. The third-order valence-corrected chi connectivity index (χ3v) is 9.83. The SMILES string of the molecule is O=C([O-])CCC/C=C/CC1C2CCC(C2)C1NC(=O)c1ccc(S(=O)(=O)n2cccc2)s1. The maximum Gasteiger partial charge on any atom is 0.277 e. The number of carboxylic acids is 1. The van der Waals surface area contributed by atoms with Gasteiger partial charge in [-0.1, -0.05) is 12.2 Å². The van der Waals surface area contributed by atoms with E-state index in [0.717, 1.165) is 34.6 Å². The topological polar surface area (TPSA) is 108 Å². The molecule has 4 unspecified atom stereocenters. The van der Waals surface area contributed by atoms with Crippen LogP contribution in [0, 0.1) is 17.8 Å². The third-order valence-electron chi connectivity index (χ3n) is 6.63. The fraction of sp³-hybridized carbons (Fsp3) is 0.478. The first-order valence-corrected chi connectivity index (χ1v) is 13.3. The van der Waals surface area contributed by atoms with Gasteiger partial charge >= 0.3 is 0 Å². The summed E-state index contributed by atoms with van der Waals surface area (Å²) in [4.78, 5) is 23.8. The number of carbonyl (C=O) groups excluding carboxylic acids is 2. The standard InChI is InChI=1S/C23H28N2O5S2/c26-20(27)8-4-2-1-3-7-18-16-9-10-17(15-16)22(18)24-23(28)19-11-12-21(31-19)32(29,30)25-13-5-6-14-25/h1,3,5-6,11-14,16-18,22H,2,4,7-10,15H2,(H,24,28)(H,26,27)/p-1/b3-1+. The van der Waals surface area contributed by atoms with Crippen molar-refractivity contribution in [3.8, 4) is 0 Å². The summed E-state index contributed by atoms with van der Waals surface area (Å²) in [5.74, 6) is 0.171. The molecule has 0 aromatic carbocycles. The quantitative estimate of drug-likeness (QED) is 0.420. The van der Waals surface area contributed by atoms with Crippen molar-refractivity contribution in [1.29, 1.82) is 0 Å². The van der Waals surface area contributed by atoms with E-state index in [1.54, 1.807) is 18.2 Å². The number of hydrogen-bond donors (Lipinski definition) is 1. The first-order chi connectivity index (χ1) is 15.4. The van der Waals surface area contributed by atoms with Gasteiger partial charge in [-0.15, -0.1) is 11.3 Å². The van der Waals surface area contributed by atoms with Crippen LogP contribution >= 0.6 is 11.3 Å². The lowest BCUT2D eigenvalue weighted by Gasteiger charge is -2.31. The molecule has 32 heavy (non-hydrogen) atoms. The van der Waals surface area contributed by atoms with Crippen molar-refractivity contribution in [3.05, 3.63) is 53.7 Å². The van der Waals surface area contributed by atoms with Gasteiger partial charge in [0, 0.05) is 24.4 Å². The molecule has 2 aliphatic rings. The summed E-state index contributed by atoms with van der Waals surface area (Å²) >= 11 is 0.992. The first kappa shape index (κ1) is 22.8. The molecule has 2 aromatic rings. The Morgan fingerprint density at radius 3 is 2.66 bits per heavy atom. The Labute approximate surface area is 192 Å². The lowest BCUT2D eigenvalue weighted by molar-refractivity contribution is -0.305. The average Bonchev–Trinajstić information content (AvgIpc) is 3.55. The van der Waals surface area contributed by atoms with Crippen LogP contribution in [0.1, 0.15) is 54.6 Å². The fourth-order valence-electron chi connectivity index (χ4n) is 5.10. The highest BCUT2D eigenvalue weighted by Crippen LogP contribution is 2.50. The minimum absolute atomic E-state index is 0.0695. The highest BCUT2D eigenvalue weighted by atomic mass is 32.2. The predicted octanol–water partition coefficient (Wildman–Crippen LogP) is 2.80. The molecule has 1 amide bonds. The van der Waals surface area contributed by atoms with Crippen molar-refractivity contribution in [1.82, 2.24) is 9.29 Å². The van der Waals surface area contributed by atoms with E-state index in [9.17, 15) is 23.1 Å². The number of allylic oxidation sites excluding steroid dienone is 2. The molecule has 4 rings (SSSR count). The molecule has 172 valence electrons. The summed E-state index contributed by atoms with van der Waals surface area (Å²) in [6.07, 6.45) is 12.7.